The van der Waals surface area contributed by atoms with Crippen LogP contribution in [-0.2, 0) is 0 Å². The summed E-state index contributed by atoms with van der Waals surface area (Å²) in [5.74, 6) is 3.03. The summed E-state index contributed by atoms with van der Waals surface area (Å²) in [5, 5.41) is 8.75. The van der Waals surface area contributed by atoms with Gasteiger partial charge in [0.15, 0.2) is 0 Å². The monoisotopic (exact) mass is 219 g/mol. The van der Waals surface area contributed by atoms with Gasteiger partial charge in [0.05, 0.1) is 26.1 Å². The van der Waals surface area contributed by atoms with Crippen LogP contribution >= 0.6 is 0 Å². The van der Waals surface area contributed by atoms with E-state index in [-0.39, 0.29) is 0 Å². The van der Waals surface area contributed by atoms with Gasteiger partial charge in [0, 0.05) is 18.8 Å². The molecule has 16 heavy (non-hydrogen) atoms. The van der Waals surface area contributed by atoms with Crippen molar-refractivity contribution in [3.8, 4) is 6.07 Å². The molecule has 2 heteroatoms. The number of hydrogen-bond acceptors (Lipinski definition) is 1. The number of hydrogen-bond donors (Lipinski definition) is 1. The van der Waals surface area contributed by atoms with E-state index in [1.807, 2.05) is 0 Å². The highest BCUT2D eigenvalue weighted by atomic mass is 15.2. The molecule has 0 aromatic rings. The second kappa shape index (κ2) is 3.74. The van der Waals surface area contributed by atoms with Crippen molar-refractivity contribution in [3.05, 3.63) is 0 Å². The molecule has 0 saturated heterocycles. The van der Waals surface area contributed by atoms with Gasteiger partial charge in [-0.1, -0.05) is 0 Å². The second-order valence-corrected chi connectivity index (χ2v) is 6.48. The van der Waals surface area contributed by atoms with Gasteiger partial charge in [-0.05, 0) is 37.5 Å². The van der Waals surface area contributed by atoms with E-state index in [0.29, 0.717) is 5.54 Å². The molecule has 5 atom stereocenters. The third-order valence-corrected chi connectivity index (χ3v) is 5.76. The van der Waals surface area contributed by atoms with E-state index in [1.54, 1.807) is 4.90 Å². The van der Waals surface area contributed by atoms with Crippen LogP contribution in [0.15, 0.2) is 0 Å². The van der Waals surface area contributed by atoms with Gasteiger partial charge in [0.2, 0.25) is 0 Å². The first-order chi connectivity index (χ1) is 7.74. The first kappa shape index (κ1) is 10.6. The Labute approximate surface area is 98.6 Å². The van der Waals surface area contributed by atoms with Crippen LogP contribution in [0.4, 0.5) is 0 Å². The maximum Gasteiger partial charge on any atom is 0.101 e. The fourth-order valence-corrected chi connectivity index (χ4v) is 5.13. The van der Waals surface area contributed by atoms with Crippen LogP contribution in [0, 0.1) is 29.1 Å². The molecule has 0 aliphatic heterocycles. The molecule has 2 nitrogen and oxygen atoms in total. The van der Waals surface area contributed by atoms with Crippen LogP contribution in [0.3, 0.4) is 0 Å². The van der Waals surface area contributed by atoms with Gasteiger partial charge in [0.25, 0.3) is 0 Å². The van der Waals surface area contributed by atoms with Gasteiger partial charge >= 0.3 is 0 Å². The van der Waals surface area contributed by atoms with Gasteiger partial charge < -0.3 is 4.90 Å². The molecule has 3 rings (SSSR count). The van der Waals surface area contributed by atoms with Crippen molar-refractivity contribution in [2.75, 3.05) is 13.6 Å². The van der Waals surface area contributed by atoms with Crippen LogP contribution < -0.4 is 4.90 Å². The Morgan fingerprint density at radius 1 is 1.25 bits per heavy atom. The average molecular weight is 219 g/mol. The number of nitrogens with zero attached hydrogens (tertiary/aromatic N) is 1. The molecule has 0 radical (unpaired) electrons. The van der Waals surface area contributed by atoms with E-state index in [1.165, 1.54) is 38.5 Å². The van der Waals surface area contributed by atoms with Crippen LogP contribution in [0.25, 0.3) is 0 Å². The summed E-state index contributed by atoms with van der Waals surface area (Å²) >= 11 is 0. The van der Waals surface area contributed by atoms with E-state index >= 15 is 0 Å². The Kier molecular flexibility index (Phi) is 2.47. The van der Waals surface area contributed by atoms with E-state index in [4.69, 9.17) is 5.26 Å². The second-order valence-electron chi connectivity index (χ2n) is 6.48. The highest BCUT2D eigenvalue weighted by Gasteiger charge is 2.59. The molecule has 0 spiro atoms. The highest BCUT2D eigenvalue weighted by molar-refractivity contribution is 5.05. The molecule has 0 heterocycles. The molecule has 3 fully saturated rings. The SMILES string of the molecule is C[NH+](CCC#N)[C@]12C[C@@H]3CC[C@@H]1C[C@@H](C3)C2. The molecule has 88 valence electrons. The zero-order chi connectivity index (χ0) is 11.2. The Balaban J connectivity index is 1.80. The first-order valence-corrected chi connectivity index (χ1v) is 6.94. The van der Waals surface area contributed by atoms with E-state index in [9.17, 15) is 0 Å². The van der Waals surface area contributed by atoms with E-state index in [2.05, 4.69) is 13.1 Å². The first-order valence-electron chi connectivity index (χ1n) is 6.94. The molecular weight excluding hydrogens is 196 g/mol. The summed E-state index contributed by atoms with van der Waals surface area (Å²) in [5.41, 5.74) is 0.586. The lowest BCUT2D eigenvalue weighted by atomic mass is 9.66. The quantitative estimate of drug-likeness (QED) is 0.763. The molecule has 0 aromatic heterocycles. The van der Waals surface area contributed by atoms with Gasteiger partial charge in [-0.25, -0.2) is 0 Å². The molecule has 3 aliphatic carbocycles. The zero-order valence-corrected chi connectivity index (χ0v) is 10.3. The van der Waals surface area contributed by atoms with Crippen LogP contribution in [0.1, 0.15) is 44.9 Å². The predicted octanol–water partition coefficient (Wildman–Crippen LogP) is 1.38. The van der Waals surface area contributed by atoms with Crippen LogP contribution in [-0.4, -0.2) is 19.1 Å². The minimum atomic E-state index is 0.586. The molecule has 3 saturated carbocycles. The lowest BCUT2D eigenvalue weighted by Gasteiger charge is -2.48. The maximum absolute atomic E-state index is 8.75. The molecule has 0 aromatic carbocycles. The molecule has 0 amide bonds. The molecule has 1 N–H and O–H groups in total. The Bertz CT molecular complexity index is 319. The Morgan fingerprint density at radius 3 is 2.88 bits per heavy atom. The van der Waals surface area contributed by atoms with Gasteiger partial charge in [-0.15, -0.1) is 0 Å². The van der Waals surface area contributed by atoms with Crippen molar-refractivity contribution >= 4 is 0 Å². The normalized spacial score (nSPS) is 46.6. The summed E-state index contributed by atoms with van der Waals surface area (Å²) in [7, 11) is 2.35. The largest absolute Gasteiger partial charge is 0.331 e. The standard InChI is InChI=1S/C14H22N2/c1-16(6-2-5-15)14-9-11-3-4-13(14)8-12(7-11)10-14/h11-13H,2-4,6-10H2,1H3/p+1/t11-,12-,13-,14+/m1/s1. The molecule has 3 bridgehead atoms. The van der Waals surface area contributed by atoms with Crippen molar-refractivity contribution in [2.45, 2.75) is 50.5 Å². The molecule has 3 aliphatic rings. The number of nitrogens with one attached hydrogen (secondary N) is 1. The minimum Gasteiger partial charge on any atom is -0.331 e. The third-order valence-electron chi connectivity index (χ3n) is 5.76. The van der Waals surface area contributed by atoms with Gasteiger partial charge in [-0.2, -0.15) is 5.26 Å². The average Bonchev–Trinajstić information content (AvgIpc) is 2.44. The van der Waals surface area contributed by atoms with Crippen molar-refractivity contribution < 1.29 is 4.90 Å². The van der Waals surface area contributed by atoms with E-state index in [0.717, 1.165) is 30.7 Å². The highest BCUT2D eigenvalue weighted by Crippen LogP contribution is 2.55. The minimum absolute atomic E-state index is 0.586. The zero-order valence-electron chi connectivity index (χ0n) is 10.3. The van der Waals surface area contributed by atoms with Gasteiger partial charge in [-0.3, -0.25) is 0 Å². The number of nitriles is 1. The maximum atomic E-state index is 8.75. The topological polar surface area (TPSA) is 28.2 Å². The van der Waals surface area contributed by atoms with Gasteiger partial charge in [0.1, 0.15) is 5.54 Å². The summed E-state index contributed by atoms with van der Waals surface area (Å²) in [4.78, 5) is 1.67. The molecule has 1 unspecified atom stereocenters. The Hall–Kier alpha value is -0.550. The van der Waals surface area contributed by atoms with Crippen molar-refractivity contribution in [1.82, 2.24) is 0 Å². The van der Waals surface area contributed by atoms with Crippen molar-refractivity contribution in [3.63, 3.8) is 0 Å². The number of fused-ring (bicyclic) bond motifs is 2. The smallest absolute Gasteiger partial charge is 0.101 e. The van der Waals surface area contributed by atoms with E-state index < -0.39 is 0 Å². The lowest BCUT2D eigenvalue weighted by molar-refractivity contribution is -0.940. The van der Waals surface area contributed by atoms with Crippen molar-refractivity contribution in [1.29, 1.82) is 5.26 Å². The number of rotatable bonds is 3. The fourth-order valence-electron chi connectivity index (χ4n) is 5.13. The summed E-state index contributed by atoms with van der Waals surface area (Å²) in [6.45, 7) is 1.06. The third kappa shape index (κ3) is 1.41. The predicted molar refractivity (Wildman–Crippen MR) is 62.9 cm³/mol. The van der Waals surface area contributed by atoms with Crippen molar-refractivity contribution in [2.24, 2.45) is 17.8 Å². The van der Waals surface area contributed by atoms with Crippen LogP contribution in [0.5, 0.6) is 0 Å². The summed E-state index contributed by atoms with van der Waals surface area (Å²) in [6, 6.07) is 2.32. The van der Waals surface area contributed by atoms with Crippen LogP contribution in [0.2, 0.25) is 0 Å². The lowest BCUT2D eigenvalue weighted by Crippen LogP contribution is -3.18. The molecular formula is C14H23N2+. The summed E-state index contributed by atoms with van der Waals surface area (Å²) in [6.07, 6.45) is 9.65. The number of quaternary nitrogens is 1. The summed E-state index contributed by atoms with van der Waals surface area (Å²) < 4.78 is 0. The fraction of sp³-hybridized carbons (Fsp3) is 0.929. The Morgan fingerprint density at radius 2 is 2.06 bits per heavy atom.